The average molecular weight is 169 g/mol. The molecule has 0 N–H and O–H groups in total. The third-order valence-electron chi connectivity index (χ3n) is 1.34. The SMILES string of the molecule is ClCc1ccn2ncnc2n1. The van der Waals surface area contributed by atoms with Gasteiger partial charge < -0.3 is 0 Å². The van der Waals surface area contributed by atoms with Crippen molar-refractivity contribution in [3.05, 3.63) is 24.3 Å². The van der Waals surface area contributed by atoms with E-state index in [-0.39, 0.29) is 0 Å². The van der Waals surface area contributed by atoms with Gasteiger partial charge in [-0.25, -0.2) is 9.50 Å². The molecule has 0 aromatic carbocycles. The minimum absolute atomic E-state index is 0.406. The molecule has 5 heteroatoms. The molecule has 11 heavy (non-hydrogen) atoms. The summed E-state index contributed by atoms with van der Waals surface area (Å²) in [4.78, 5) is 8.02. The van der Waals surface area contributed by atoms with Crippen molar-refractivity contribution in [2.75, 3.05) is 0 Å². The predicted molar refractivity (Wildman–Crippen MR) is 40.3 cm³/mol. The zero-order chi connectivity index (χ0) is 7.68. The van der Waals surface area contributed by atoms with Crippen LogP contribution in [-0.4, -0.2) is 19.6 Å². The Labute approximate surface area is 67.8 Å². The number of nitrogens with zero attached hydrogens (tertiary/aromatic N) is 4. The fourth-order valence-corrected chi connectivity index (χ4v) is 0.975. The lowest BCUT2D eigenvalue weighted by atomic mass is 10.5. The van der Waals surface area contributed by atoms with Gasteiger partial charge in [-0.3, -0.25) is 0 Å². The van der Waals surface area contributed by atoms with Crippen molar-refractivity contribution < 1.29 is 0 Å². The smallest absolute Gasteiger partial charge is 0.215 e. The Hall–Kier alpha value is -1.16. The van der Waals surface area contributed by atoms with E-state index in [0.717, 1.165) is 5.69 Å². The molecule has 2 aromatic heterocycles. The fraction of sp³-hybridized carbons (Fsp3) is 0.167. The maximum absolute atomic E-state index is 5.57. The van der Waals surface area contributed by atoms with E-state index in [4.69, 9.17) is 11.6 Å². The largest absolute Gasteiger partial charge is 0.252 e. The van der Waals surface area contributed by atoms with Crippen LogP contribution in [0.5, 0.6) is 0 Å². The topological polar surface area (TPSA) is 43.1 Å². The maximum Gasteiger partial charge on any atom is 0.252 e. The highest BCUT2D eigenvalue weighted by molar-refractivity contribution is 6.16. The standard InChI is InChI=1S/C6H5ClN4/c7-3-5-1-2-11-6(10-5)8-4-9-11/h1-2,4H,3H2. The van der Waals surface area contributed by atoms with Gasteiger partial charge in [0.05, 0.1) is 11.6 Å². The monoisotopic (exact) mass is 168 g/mol. The number of halogens is 1. The third-order valence-corrected chi connectivity index (χ3v) is 1.62. The van der Waals surface area contributed by atoms with Gasteiger partial charge in [0, 0.05) is 6.20 Å². The molecule has 0 spiro atoms. The summed E-state index contributed by atoms with van der Waals surface area (Å²) in [5.41, 5.74) is 0.812. The predicted octanol–water partition coefficient (Wildman–Crippen LogP) is 0.863. The molecule has 0 amide bonds. The lowest BCUT2D eigenvalue weighted by Crippen LogP contribution is -1.93. The van der Waals surface area contributed by atoms with Gasteiger partial charge in [-0.15, -0.1) is 11.6 Å². The summed E-state index contributed by atoms with van der Waals surface area (Å²) in [6.07, 6.45) is 3.24. The Morgan fingerprint density at radius 1 is 1.55 bits per heavy atom. The van der Waals surface area contributed by atoms with Gasteiger partial charge in [-0.2, -0.15) is 10.1 Å². The third kappa shape index (κ3) is 1.05. The second-order valence-electron chi connectivity index (χ2n) is 2.06. The summed E-state index contributed by atoms with van der Waals surface area (Å²) >= 11 is 5.57. The Balaban J connectivity index is 2.67. The molecule has 0 aliphatic carbocycles. The molecule has 56 valence electrons. The Kier molecular flexibility index (Phi) is 1.47. The van der Waals surface area contributed by atoms with E-state index in [9.17, 15) is 0 Å². The summed E-state index contributed by atoms with van der Waals surface area (Å²) in [6, 6.07) is 1.81. The lowest BCUT2D eigenvalue weighted by molar-refractivity contribution is 0.926. The molecule has 0 saturated carbocycles. The van der Waals surface area contributed by atoms with Crippen LogP contribution >= 0.6 is 11.6 Å². The number of rotatable bonds is 1. The summed E-state index contributed by atoms with van der Waals surface area (Å²) in [5.74, 6) is 0.992. The van der Waals surface area contributed by atoms with Gasteiger partial charge in [0.25, 0.3) is 5.78 Å². The van der Waals surface area contributed by atoms with Crippen molar-refractivity contribution in [2.45, 2.75) is 5.88 Å². The number of alkyl halides is 1. The van der Waals surface area contributed by atoms with E-state index in [2.05, 4.69) is 15.1 Å². The van der Waals surface area contributed by atoms with Crippen LogP contribution in [0.25, 0.3) is 5.78 Å². The average Bonchev–Trinajstić information content (AvgIpc) is 2.50. The van der Waals surface area contributed by atoms with Crippen LogP contribution < -0.4 is 0 Å². The molecule has 0 atom stereocenters. The first-order valence-electron chi connectivity index (χ1n) is 3.11. The van der Waals surface area contributed by atoms with Crippen LogP contribution in [0.15, 0.2) is 18.6 Å². The summed E-state index contributed by atoms with van der Waals surface area (Å²) < 4.78 is 1.59. The summed E-state index contributed by atoms with van der Waals surface area (Å²) in [5, 5.41) is 3.89. The van der Waals surface area contributed by atoms with Crippen molar-refractivity contribution in [3.63, 3.8) is 0 Å². The van der Waals surface area contributed by atoms with Crippen LogP contribution in [0, 0.1) is 0 Å². The lowest BCUT2D eigenvalue weighted by Gasteiger charge is -1.92. The minimum atomic E-state index is 0.406. The highest BCUT2D eigenvalue weighted by Crippen LogP contribution is 2.00. The molecule has 2 heterocycles. The molecular formula is C6H5ClN4. The molecule has 2 rings (SSSR count). The molecule has 0 bridgehead atoms. The van der Waals surface area contributed by atoms with Gasteiger partial charge in [-0.05, 0) is 6.07 Å². The van der Waals surface area contributed by atoms with Crippen LogP contribution in [0.1, 0.15) is 5.69 Å². The first kappa shape index (κ1) is 6.54. The first-order valence-corrected chi connectivity index (χ1v) is 3.65. The Bertz CT molecular complexity index is 369. The molecule has 0 unspecified atom stereocenters. The number of hydrogen-bond donors (Lipinski definition) is 0. The normalized spacial score (nSPS) is 10.6. The van der Waals surface area contributed by atoms with Crippen molar-refractivity contribution >= 4 is 17.4 Å². The Morgan fingerprint density at radius 3 is 3.27 bits per heavy atom. The van der Waals surface area contributed by atoms with Crippen LogP contribution in [0.2, 0.25) is 0 Å². The highest BCUT2D eigenvalue weighted by Gasteiger charge is 1.96. The van der Waals surface area contributed by atoms with Crippen LogP contribution in [-0.2, 0) is 5.88 Å². The van der Waals surface area contributed by atoms with Gasteiger partial charge in [0.15, 0.2) is 0 Å². The van der Waals surface area contributed by atoms with Crippen LogP contribution in [0.3, 0.4) is 0 Å². The minimum Gasteiger partial charge on any atom is -0.215 e. The molecule has 0 radical (unpaired) electrons. The second kappa shape index (κ2) is 2.47. The van der Waals surface area contributed by atoms with Crippen molar-refractivity contribution in [1.29, 1.82) is 0 Å². The van der Waals surface area contributed by atoms with Gasteiger partial charge >= 0.3 is 0 Å². The molecule has 0 fully saturated rings. The van der Waals surface area contributed by atoms with E-state index in [1.807, 2.05) is 6.07 Å². The number of fused-ring (bicyclic) bond motifs is 1. The molecular weight excluding hydrogens is 164 g/mol. The maximum atomic E-state index is 5.57. The fourth-order valence-electron chi connectivity index (χ4n) is 0.826. The van der Waals surface area contributed by atoms with E-state index in [0.29, 0.717) is 11.7 Å². The highest BCUT2D eigenvalue weighted by atomic mass is 35.5. The number of hydrogen-bond acceptors (Lipinski definition) is 3. The molecule has 2 aromatic rings. The number of aromatic nitrogens is 4. The van der Waals surface area contributed by atoms with Gasteiger partial charge in [0.1, 0.15) is 6.33 Å². The zero-order valence-corrected chi connectivity index (χ0v) is 6.36. The van der Waals surface area contributed by atoms with Crippen molar-refractivity contribution in [1.82, 2.24) is 19.6 Å². The summed E-state index contributed by atoms with van der Waals surface area (Å²) in [6.45, 7) is 0. The molecule has 0 saturated heterocycles. The molecule has 0 aliphatic heterocycles. The van der Waals surface area contributed by atoms with E-state index in [1.165, 1.54) is 6.33 Å². The van der Waals surface area contributed by atoms with Crippen molar-refractivity contribution in [3.8, 4) is 0 Å². The van der Waals surface area contributed by atoms with E-state index < -0.39 is 0 Å². The van der Waals surface area contributed by atoms with E-state index in [1.54, 1.807) is 10.7 Å². The Morgan fingerprint density at radius 2 is 2.45 bits per heavy atom. The van der Waals surface area contributed by atoms with Crippen molar-refractivity contribution in [2.24, 2.45) is 0 Å². The quantitative estimate of drug-likeness (QED) is 0.594. The van der Waals surface area contributed by atoms with E-state index >= 15 is 0 Å². The zero-order valence-electron chi connectivity index (χ0n) is 5.61. The second-order valence-corrected chi connectivity index (χ2v) is 2.32. The van der Waals surface area contributed by atoms with Gasteiger partial charge in [0.2, 0.25) is 0 Å². The molecule has 4 nitrogen and oxygen atoms in total. The van der Waals surface area contributed by atoms with Crippen LogP contribution in [0.4, 0.5) is 0 Å². The summed E-state index contributed by atoms with van der Waals surface area (Å²) in [7, 11) is 0. The van der Waals surface area contributed by atoms with Gasteiger partial charge in [-0.1, -0.05) is 0 Å². The first-order chi connectivity index (χ1) is 5.40. The molecule has 0 aliphatic rings.